The van der Waals surface area contributed by atoms with E-state index in [1.807, 2.05) is 135 Å². The zero-order chi connectivity index (χ0) is 57.2. The van der Waals surface area contributed by atoms with E-state index < -0.39 is 64.8 Å². The number of methoxy groups -OCH3 is 6. The van der Waals surface area contributed by atoms with Crippen molar-refractivity contribution < 1.29 is 102 Å². The van der Waals surface area contributed by atoms with Gasteiger partial charge in [-0.2, -0.15) is 0 Å². The van der Waals surface area contributed by atoms with Gasteiger partial charge in [0.15, 0.2) is 11.3 Å². The molecule has 79 heavy (non-hydrogen) atoms. The molecule has 0 N–H and O–H groups in total. The Morgan fingerprint density at radius 2 is 1.23 bits per heavy atom. The number of fused-ring (bicyclic) bond motifs is 1. The van der Waals surface area contributed by atoms with Crippen LogP contribution in [0.25, 0.3) is 6.08 Å². The minimum absolute atomic E-state index is 0. The monoisotopic (exact) mass is 1100 g/mol. The summed E-state index contributed by atoms with van der Waals surface area (Å²) >= 11 is 0. The Balaban J connectivity index is 0. The molecule has 0 spiro atoms. The maximum absolute atomic E-state index is 12.8. The molecule has 2 aliphatic rings. The Hall–Kier alpha value is -7.07. The summed E-state index contributed by atoms with van der Waals surface area (Å²) in [6.07, 6.45) is 25.2. The summed E-state index contributed by atoms with van der Waals surface area (Å²) in [5.74, 6) is -4.07. The van der Waals surface area contributed by atoms with Gasteiger partial charge in [-0.25, -0.2) is 9.59 Å². The van der Waals surface area contributed by atoms with Crippen molar-refractivity contribution in [2.24, 2.45) is 29.1 Å². The van der Waals surface area contributed by atoms with Crippen molar-refractivity contribution in [2.75, 3.05) is 49.3 Å². The maximum atomic E-state index is 12.8. The summed E-state index contributed by atoms with van der Waals surface area (Å²) < 4.78 is 38.7. The van der Waals surface area contributed by atoms with Gasteiger partial charge in [-0.1, -0.05) is 178 Å². The van der Waals surface area contributed by atoms with Crippen molar-refractivity contribution >= 4 is 48.0 Å². The maximum Gasteiger partial charge on any atom is 1.00 e. The molecule has 5 unspecified atom stereocenters. The van der Waals surface area contributed by atoms with Gasteiger partial charge in [0.05, 0.1) is 42.7 Å². The largest absolute Gasteiger partial charge is 1.00 e. The van der Waals surface area contributed by atoms with Crippen molar-refractivity contribution in [3.63, 3.8) is 0 Å². The Morgan fingerprint density at radius 1 is 0.696 bits per heavy atom. The fourth-order valence-corrected chi connectivity index (χ4v) is 9.17. The van der Waals surface area contributed by atoms with Crippen LogP contribution in [0.2, 0.25) is 0 Å². The molecule has 16 heteroatoms. The number of ether oxygens (including phenoxy) is 8. The standard InChI is InChI=1S/2C20H24O4.C11H16O4.C11H12O3.CH4.Na.H/c1-13-9-10-16-12-20(19(22)23-3,24-14(2)21)18(17(16)11-13)15-7-5-4-6-8-15;1-5-7-8-12-15-20(18(21)23-3,19(22)24-4)17(6-2)16-13-10-9-11-14-16;1-4-5-6-7-8-9(10(12)14-2)11(13)15-3;1-13-11(12)14-9-5-8-10-6-3-2-4-7-10;;;/h4-10,13,16-18H,11-12H2,1-3H3;5-14,17H,2,15H2,1,3-4H3;4-7,9H,8H2,1-3H3;2-8H,9H2,1H3;1H4;;/q;;;;;+1;-1/b;7-5+,12-8+;5-4+,7-6+;8-5+;;;/t13?,16?,17?,18-,20?;;;;;;/m1....../s1. The zero-order valence-electron chi connectivity index (χ0n) is 48.0. The smallest absolute Gasteiger partial charge is 1.00 e. The first-order valence-corrected chi connectivity index (χ1v) is 25.0. The Morgan fingerprint density at radius 3 is 1.71 bits per heavy atom. The number of hydrogen-bond donors (Lipinski definition) is 0. The van der Waals surface area contributed by atoms with Gasteiger partial charge in [-0.3, -0.25) is 24.0 Å². The third kappa shape index (κ3) is 21.9. The van der Waals surface area contributed by atoms with Crippen LogP contribution in [0, 0.1) is 29.1 Å². The molecule has 1 saturated carbocycles. The van der Waals surface area contributed by atoms with Crippen LogP contribution in [0.1, 0.15) is 90.8 Å². The molecule has 0 aliphatic heterocycles. The Bertz CT molecular complexity index is 2490. The van der Waals surface area contributed by atoms with Crippen LogP contribution >= 0.6 is 0 Å². The normalized spacial score (nSPS) is 18.3. The van der Waals surface area contributed by atoms with Crippen molar-refractivity contribution in [1.82, 2.24) is 0 Å². The molecule has 0 saturated heterocycles. The van der Waals surface area contributed by atoms with Gasteiger partial charge in [-0.05, 0) is 73.6 Å². The molecule has 15 nitrogen and oxygen atoms in total. The Labute approximate surface area is 491 Å². The second kappa shape index (κ2) is 39.3. The third-order valence-electron chi connectivity index (χ3n) is 12.6. The quantitative estimate of drug-likeness (QED) is 0.0276. The van der Waals surface area contributed by atoms with Gasteiger partial charge in [-0.15, -0.1) is 6.58 Å². The molecule has 3 aromatic rings. The predicted octanol–water partition coefficient (Wildman–Crippen LogP) is 8.99. The Kier molecular flexibility index (Phi) is 35.8. The first-order valence-electron chi connectivity index (χ1n) is 25.0. The fraction of sp³-hybridized carbons (Fsp3) is 0.381. The first-order chi connectivity index (χ1) is 37.0. The van der Waals surface area contributed by atoms with E-state index >= 15 is 0 Å². The summed E-state index contributed by atoms with van der Waals surface area (Å²) in [7, 11) is 7.66. The van der Waals surface area contributed by atoms with Crippen molar-refractivity contribution in [1.29, 1.82) is 0 Å². The van der Waals surface area contributed by atoms with E-state index in [0.29, 0.717) is 12.3 Å². The summed E-state index contributed by atoms with van der Waals surface area (Å²) in [5, 5.41) is 0. The summed E-state index contributed by atoms with van der Waals surface area (Å²) in [6, 6.07) is 28.9. The molecular formula is C63H81NaO15. The molecule has 3 aromatic carbocycles. The van der Waals surface area contributed by atoms with Gasteiger partial charge in [0.25, 0.3) is 0 Å². The topological polar surface area (TPSA) is 193 Å². The van der Waals surface area contributed by atoms with Crippen LogP contribution in [0.3, 0.4) is 0 Å². The van der Waals surface area contributed by atoms with Crippen molar-refractivity contribution in [2.45, 2.75) is 78.2 Å². The van der Waals surface area contributed by atoms with Crippen molar-refractivity contribution in [3.05, 3.63) is 187 Å². The van der Waals surface area contributed by atoms with E-state index in [-0.39, 0.29) is 75.6 Å². The van der Waals surface area contributed by atoms with Crippen LogP contribution in [0.5, 0.6) is 0 Å². The summed E-state index contributed by atoms with van der Waals surface area (Å²) in [4.78, 5) is 82.8. The third-order valence-corrected chi connectivity index (χ3v) is 12.6. The first kappa shape index (κ1) is 71.9. The number of esters is 6. The summed E-state index contributed by atoms with van der Waals surface area (Å²) in [6.45, 7) is 11.3. The van der Waals surface area contributed by atoms with E-state index in [9.17, 15) is 33.6 Å². The molecular weight excluding hydrogens is 1020 g/mol. The average molecular weight is 1100 g/mol. The molecule has 5 rings (SSSR count). The fourth-order valence-electron chi connectivity index (χ4n) is 9.17. The molecule has 0 radical (unpaired) electrons. The van der Waals surface area contributed by atoms with E-state index in [0.717, 1.165) is 23.1 Å². The van der Waals surface area contributed by atoms with Gasteiger partial charge >= 0.3 is 71.5 Å². The molecule has 0 bridgehead atoms. The van der Waals surface area contributed by atoms with Crippen LogP contribution in [0.4, 0.5) is 4.79 Å². The second-order valence-corrected chi connectivity index (χ2v) is 17.6. The number of benzene rings is 3. The molecule has 6 atom stereocenters. The van der Waals surface area contributed by atoms with Crippen LogP contribution in [-0.2, 0) is 66.7 Å². The zero-order valence-corrected chi connectivity index (χ0v) is 49.0. The number of hydrogen-bond acceptors (Lipinski definition) is 15. The van der Waals surface area contributed by atoms with Gasteiger partial charge in [0, 0.05) is 25.2 Å². The number of rotatable bonds is 19. The number of carbonyl (C=O) groups excluding carboxylic acids is 7. The van der Waals surface area contributed by atoms with Crippen molar-refractivity contribution in [3.8, 4) is 0 Å². The van der Waals surface area contributed by atoms with E-state index in [2.05, 4.69) is 44.6 Å². The van der Waals surface area contributed by atoms with Gasteiger partial charge in [0.2, 0.25) is 5.60 Å². The van der Waals surface area contributed by atoms with E-state index in [1.54, 1.807) is 36.5 Å². The minimum Gasteiger partial charge on any atom is -1.00 e. The molecule has 2 aliphatic carbocycles. The second-order valence-electron chi connectivity index (χ2n) is 17.6. The van der Waals surface area contributed by atoms with Crippen LogP contribution < -0.4 is 29.6 Å². The van der Waals surface area contributed by atoms with Gasteiger partial charge < -0.3 is 39.3 Å². The molecule has 0 aromatic heterocycles. The van der Waals surface area contributed by atoms with E-state index in [4.69, 9.17) is 18.9 Å². The molecule has 0 amide bonds. The molecule has 424 valence electrons. The number of allylic oxidation sites excluding steroid dienone is 11. The average Bonchev–Trinajstić information content (AvgIpc) is 3.78. The van der Waals surface area contributed by atoms with Gasteiger partial charge in [0.1, 0.15) is 6.61 Å². The van der Waals surface area contributed by atoms with Crippen LogP contribution in [0.15, 0.2) is 170 Å². The predicted molar refractivity (Wildman–Crippen MR) is 302 cm³/mol. The molecule has 0 heterocycles. The minimum atomic E-state index is -1.52. The number of carbonyl (C=O) groups is 7. The SMILES string of the molecule is C.C/C=C/C=C/CC(C(=O)OC)C(=O)OC.C=CC(c1ccccc1)C(C/C=C/C=C/C)(C(=O)OC)C(=O)OC.COC(=O)C1(OC(C)=O)CC2C=CC(C)CC2[C@H]1c1ccccc1.COC(=O)OC/C=C/c1ccccc1.[H-].[Na+]. The summed E-state index contributed by atoms with van der Waals surface area (Å²) in [5.41, 5.74) is 0.124. The van der Waals surface area contributed by atoms with Crippen LogP contribution in [-0.4, -0.2) is 96.8 Å². The van der Waals surface area contributed by atoms with E-state index in [1.165, 1.54) is 49.6 Å². The molecule has 1 fully saturated rings.